The second-order valence-corrected chi connectivity index (χ2v) is 4.98. The highest BCUT2D eigenvalue weighted by molar-refractivity contribution is 5.76. The third-order valence-electron chi connectivity index (χ3n) is 3.57. The first-order chi connectivity index (χ1) is 10.4. The Morgan fingerprint density at radius 1 is 0.905 bits per heavy atom. The van der Waals surface area contributed by atoms with Crippen LogP contribution in [0.25, 0.3) is 23.2 Å². The van der Waals surface area contributed by atoms with Gasteiger partial charge < -0.3 is 0 Å². The number of hydrogen-bond acceptors (Lipinski definition) is 0. The lowest BCUT2D eigenvalue weighted by molar-refractivity contribution is -0.538. The highest BCUT2D eigenvalue weighted by Gasteiger charge is 2.04. The molecule has 3 aromatic rings. The van der Waals surface area contributed by atoms with Crippen LogP contribution < -0.4 is 4.57 Å². The van der Waals surface area contributed by atoms with Gasteiger partial charge in [-0.1, -0.05) is 42.5 Å². The van der Waals surface area contributed by atoms with E-state index >= 15 is 0 Å². The number of benzene rings is 2. The molecular formula is C20H18N+. The number of nitrogens with zero attached hydrogens (tertiary/aromatic N) is 1. The van der Waals surface area contributed by atoms with E-state index in [0.717, 1.165) is 6.42 Å². The lowest BCUT2D eigenvalue weighted by Crippen LogP contribution is -2.25. The Balaban J connectivity index is 2.00. The van der Waals surface area contributed by atoms with Gasteiger partial charge in [0.25, 0.3) is 0 Å². The number of aromatic nitrogens is 1. The standard InChI is InChI=1S/C20H18N/c1-2-8-17-9-3-4-10-18(17)14-16-21-15-7-12-19-11-5-6-13-20(19)21/h2-7,9-16H,1,8H2/q+1/b16-14+. The summed E-state index contributed by atoms with van der Waals surface area (Å²) in [6.45, 7) is 3.83. The number of para-hydroxylation sites is 1. The van der Waals surface area contributed by atoms with E-state index in [0.29, 0.717) is 0 Å². The van der Waals surface area contributed by atoms with Crippen LogP contribution in [0.2, 0.25) is 0 Å². The van der Waals surface area contributed by atoms with Crippen LogP contribution in [-0.2, 0) is 6.42 Å². The van der Waals surface area contributed by atoms with E-state index in [1.54, 1.807) is 0 Å². The van der Waals surface area contributed by atoms with Gasteiger partial charge in [0, 0.05) is 23.6 Å². The highest BCUT2D eigenvalue weighted by Crippen LogP contribution is 2.13. The normalized spacial score (nSPS) is 11.0. The molecule has 1 aromatic heterocycles. The van der Waals surface area contributed by atoms with Gasteiger partial charge in [0.05, 0.1) is 0 Å². The molecule has 0 N–H and O–H groups in total. The van der Waals surface area contributed by atoms with E-state index in [-0.39, 0.29) is 0 Å². The molecule has 0 bridgehead atoms. The Hall–Kier alpha value is -2.67. The van der Waals surface area contributed by atoms with Crippen LogP contribution in [0.5, 0.6) is 0 Å². The van der Waals surface area contributed by atoms with Crippen molar-refractivity contribution in [3.8, 4) is 0 Å². The maximum absolute atomic E-state index is 3.83. The summed E-state index contributed by atoms with van der Waals surface area (Å²) >= 11 is 0. The smallest absolute Gasteiger partial charge is 0.167 e. The van der Waals surface area contributed by atoms with Gasteiger partial charge in [-0.3, -0.25) is 0 Å². The van der Waals surface area contributed by atoms with Crippen molar-refractivity contribution in [3.05, 3.63) is 90.6 Å². The lowest BCUT2D eigenvalue weighted by Gasteiger charge is -2.01. The first-order valence-corrected chi connectivity index (χ1v) is 7.14. The number of hydrogen-bond donors (Lipinski definition) is 0. The second-order valence-electron chi connectivity index (χ2n) is 4.98. The molecule has 0 saturated heterocycles. The summed E-state index contributed by atoms with van der Waals surface area (Å²) in [4.78, 5) is 0. The average molecular weight is 272 g/mol. The molecule has 0 saturated carbocycles. The minimum atomic E-state index is 0.890. The monoisotopic (exact) mass is 272 g/mol. The molecule has 0 spiro atoms. The van der Waals surface area contributed by atoms with Crippen molar-refractivity contribution < 1.29 is 4.57 Å². The molecule has 3 rings (SSSR count). The fourth-order valence-corrected chi connectivity index (χ4v) is 2.51. The minimum absolute atomic E-state index is 0.890. The summed E-state index contributed by atoms with van der Waals surface area (Å²) in [5.74, 6) is 0. The predicted octanol–water partition coefficient (Wildman–Crippen LogP) is 4.48. The third-order valence-corrected chi connectivity index (χ3v) is 3.57. The molecule has 21 heavy (non-hydrogen) atoms. The molecule has 0 amide bonds. The van der Waals surface area contributed by atoms with Gasteiger partial charge in [0.15, 0.2) is 12.4 Å². The first kappa shape index (κ1) is 13.3. The fourth-order valence-electron chi connectivity index (χ4n) is 2.51. The van der Waals surface area contributed by atoms with E-state index in [2.05, 4.69) is 90.3 Å². The molecule has 0 aliphatic carbocycles. The summed E-state index contributed by atoms with van der Waals surface area (Å²) in [5.41, 5.74) is 3.74. The maximum atomic E-state index is 3.83. The van der Waals surface area contributed by atoms with Crippen LogP contribution in [0.15, 0.2) is 79.5 Å². The summed E-state index contributed by atoms with van der Waals surface area (Å²) in [6, 6.07) is 21.0. The zero-order valence-corrected chi connectivity index (χ0v) is 11.9. The quantitative estimate of drug-likeness (QED) is 0.487. The molecular weight excluding hydrogens is 254 g/mol. The molecule has 0 aliphatic heterocycles. The molecule has 2 aromatic carbocycles. The molecule has 1 heterocycles. The van der Waals surface area contributed by atoms with E-state index in [1.165, 1.54) is 22.0 Å². The van der Waals surface area contributed by atoms with Crippen LogP contribution in [0.3, 0.4) is 0 Å². The molecule has 0 radical (unpaired) electrons. The largest absolute Gasteiger partial charge is 0.217 e. The van der Waals surface area contributed by atoms with Crippen LogP contribution in [0.1, 0.15) is 11.1 Å². The van der Waals surface area contributed by atoms with Gasteiger partial charge in [0.2, 0.25) is 5.52 Å². The van der Waals surface area contributed by atoms with E-state index in [1.807, 2.05) is 6.08 Å². The Labute approximate surface area is 125 Å². The maximum Gasteiger partial charge on any atom is 0.217 e. The summed E-state index contributed by atoms with van der Waals surface area (Å²) in [5, 5.41) is 1.24. The van der Waals surface area contributed by atoms with Crippen molar-refractivity contribution in [3.63, 3.8) is 0 Å². The molecule has 1 heteroatoms. The second kappa shape index (κ2) is 6.19. The fraction of sp³-hybridized carbons (Fsp3) is 0.0500. The molecule has 0 fully saturated rings. The van der Waals surface area contributed by atoms with E-state index in [9.17, 15) is 0 Å². The van der Waals surface area contributed by atoms with Crippen molar-refractivity contribution in [2.24, 2.45) is 0 Å². The Bertz CT molecular complexity index is 794. The molecule has 0 aliphatic rings. The highest BCUT2D eigenvalue weighted by atomic mass is 14.9. The van der Waals surface area contributed by atoms with Crippen molar-refractivity contribution in [2.45, 2.75) is 6.42 Å². The summed E-state index contributed by atoms with van der Waals surface area (Å²) in [6.07, 6.45) is 9.18. The van der Waals surface area contributed by atoms with Gasteiger partial charge in [-0.25, -0.2) is 0 Å². The Morgan fingerprint density at radius 3 is 2.57 bits per heavy atom. The van der Waals surface area contributed by atoms with Crippen molar-refractivity contribution in [1.82, 2.24) is 0 Å². The SMILES string of the molecule is C=CCc1ccccc1/C=C/[n+]1cccc2ccccc21. The number of fused-ring (bicyclic) bond motifs is 1. The molecule has 102 valence electrons. The molecule has 1 nitrogen and oxygen atoms in total. The Morgan fingerprint density at radius 2 is 1.67 bits per heavy atom. The van der Waals surface area contributed by atoms with Crippen molar-refractivity contribution in [2.75, 3.05) is 0 Å². The number of allylic oxidation sites excluding steroid dienone is 1. The van der Waals surface area contributed by atoms with E-state index in [4.69, 9.17) is 0 Å². The van der Waals surface area contributed by atoms with Gasteiger partial charge in [-0.05, 0) is 29.7 Å². The summed E-state index contributed by atoms with van der Waals surface area (Å²) < 4.78 is 2.15. The number of rotatable bonds is 4. The predicted molar refractivity (Wildman–Crippen MR) is 89.7 cm³/mol. The van der Waals surface area contributed by atoms with Crippen LogP contribution in [0.4, 0.5) is 0 Å². The Kier molecular flexibility index (Phi) is 3.92. The third kappa shape index (κ3) is 2.92. The topological polar surface area (TPSA) is 3.88 Å². The van der Waals surface area contributed by atoms with Crippen LogP contribution in [0, 0.1) is 0 Å². The van der Waals surface area contributed by atoms with Crippen molar-refractivity contribution in [1.29, 1.82) is 0 Å². The molecule has 0 atom stereocenters. The zero-order chi connectivity index (χ0) is 14.5. The minimum Gasteiger partial charge on any atom is -0.167 e. The van der Waals surface area contributed by atoms with Crippen LogP contribution >= 0.6 is 0 Å². The molecule has 0 unspecified atom stereocenters. The summed E-state index contributed by atoms with van der Waals surface area (Å²) in [7, 11) is 0. The van der Waals surface area contributed by atoms with Crippen LogP contribution in [-0.4, -0.2) is 0 Å². The lowest BCUT2D eigenvalue weighted by atomic mass is 10.0. The van der Waals surface area contributed by atoms with Gasteiger partial charge in [-0.2, -0.15) is 4.57 Å². The van der Waals surface area contributed by atoms with Crippen molar-refractivity contribution >= 4 is 23.2 Å². The van der Waals surface area contributed by atoms with Gasteiger partial charge in [0.1, 0.15) is 0 Å². The number of pyridine rings is 1. The average Bonchev–Trinajstić information content (AvgIpc) is 2.54. The van der Waals surface area contributed by atoms with Gasteiger partial charge >= 0.3 is 0 Å². The van der Waals surface area contributed by atoms with E-state index < -0.39 is 0 Å². The van der Waals surface area contributed by atoms with Gasteiger partial charge in [-0.15, -0.1) is 6.58 Å². The first-order valence-electron chi connectivity index (χ1n) is 7.14. The zero-order valence-electron chi connectivity index (χ0n) is 11.9.